The molecule has 0 N–H and O–H groups in total. The van der Waals surface area contributed by atoms with Crippen LogP contribution < -0.4 is 4.74 Å². The Morgan fingerprint density at radius 2 is 1.60 bits per heavy atom. The van der Waals surface area contributed by atoms with Gasteiger partial charge in [0.05, 0.1) is 17.6 Å². The van der Waals surface area contributed by atoms with E-state index in [0.717, 1.165) is 42.7 Å². The Labute approximate surface area is 150 Å². The van der Waals surface area contributed by atoms with E-state index in [2.05, 4.69) is 13.0 Å². The highest BCUT2D eigenvalue weighted by atomic mass is 16.5. The van der Waals surface area contributed by atoms with Crippen molar-refractivity contribution in [2.45, 2.75) is 39.0 Å². The quantitative estimate of drug-likeness (QED) is 0.540. The zero-order valence-corrected chi connectivity index (χ0v) is 14.6. The van der Waals surface area contributed by atoms with Crippen molar-refractivity contribution in [1.29, 1.82) is 5.26 Å². The standard InChI is InChI=1S/C22H23NO2.H2/c1-2-16-3-9-20(10-4-16)22(24)25-21-13-11-19(12-14-21)18-7-5-17(15-23)6-8-18;/h5-8,11-14,16,20H,2-4,9-10H2,1H3;1H. The fourth-order valence-corrected chi connectivity index (χ4v) is 3.46. The summed E-state index contributed by atoms with van der Waals surface area (Å²) >= 11 is 0. The number of carbonyl (C=O) groups is 1. The van der Waals surface area contributed by atoms with Gasteiger partial charge in [0.15, 0.2) is 0 Å². The Balaban J connectivity index is 0.00000243. The lowest BCUT2D eigenvalue weighted by atomic mass is 9.81. The van der Waals surface area contributed by atoms with Crippen molar-refractivity contribution in [1.82, 2.24) is 0 Å². The highest BCUT2D eigenvalue weighted by Gasteiger charge is 2.26. The molecule has 1 aliphatic carbocycles. The molecule has 2 aromatic rings. The van der Waals surface area contributed by atoms with Gasteiger partial charge in [-0.25, -0.2) is 0 Å². The monoisotopic (exact) mass is 335 g/mol. The number of hydrogen-bond donors (Lipinski definition) is 0. The molecule has 25 heavy (non-hydrogen) atoms. The summed E-state index contributed by atoms with van der Waals surface area (Å²) in [5.74, 6) is 1.32. The summed E-state index contributed by atoms with van der Waals surface area (Å²) in [7, 11) is 0. The van der Waals surface area contributed by atoms with E-state index in [-0.39, 0.29) is 13.3 Å². The molecule has 0 atom stereocenters. The molecule has 0 heterocycles. The van der Waals surface area contributed by atoms with E-state index < -0.39 is 0 Å². The van der Waals surface area contributed by atoms with Crippen LogP contribution in [-0.2, 0) is 4.79 Å². The molecule has 0 saturated heterocycles. The Bertz CT molecular complexity index is 754. The zero-order chi connectivity index (χ0) is 17.6. The Hall–Kier alpha value is -2.60. The third-order valence-electron chi connectivity index (χ3n) is 5.18. The molecule has 3 nitrogen and oxygen atoms in total. The summed E-state index contributed by atoms with van der Waals surface area (Å²) in [5.41, 5.74) is 2.72. The van der Waals surface area contributed by atoms with Crippen LogP contribution in [0, 0.1) is 23.2 Å². The second-order valence-corrected chi connectivity index (χ2v) is 6.76. The molecule has 1 fully saturated rings. The van der Waals surface area contributed by atoms with Crippen molar-refractivity contribution in [2.24, 2.45) is 11.8 Å². The normalized spacial score (nSPS) is 19.8. The maximum absolute atomic E-state index is 12.3. The van der Waals surface area contributed by atoms with Crippen LogP contribution in [0.1, 0.15) is 46.0 Å². The molecular formula is C22H25NO2. The first kappa shape index (κ1) is 17.2. The van der Waals surface area contributed by atoms with Gasteiger partial charge >= 0.3 is 5.97 Å². The predicted octanol–water partition coefficient (Wildman–Crippen LogP) is 5.59. The SMILES string of the molecule is CCC1CCC(C(=O)Oc2ccc(-c3ccc(C#N)cc3)cc2)CC1.[HH]. The topological polar surface area (TPSA) is 50.1 Å². The van der Waals surface area contributed by atoms with E-state index in [4.69, 9.17) is 10.00 Å². The van der Waals surface area contributed by atoms with Crippen LogP contribution in [0.5, 0.6) is 5.75 Å². The van der Waals surface area contributed by atoms with Crippen molar-refractivity contribution >= 4 is 5.97 Å². The third-order valence-corrected chi connectivity index (χ3v) is 5.18. The van der Waals surface area contributed by atoms with Gasteiger partial charge in [-0.15, -0.1) is 0 Å². The zero-order valence-electron chi connectivity index (χ0n) is 14.6. The van der Waals surface area contributed by atoms with Crippen molar-refractivity contribution in [3.8, 4) is 22.9 Å². The summed E-state index contributed by atoms with van der Waals surface area (Å²) < 4.78 is 5.57. The molecular weight excluding hydrogens is 310 g/mol. The van der Waals surface area contributed by atoms with E-state index in [1.165, 1.54) is 6.42 Å². The minimum atomic E-state index is -0.0966. The molecule has 0 spiro atoms. The molecule has 3 rings (SSSR count). The average Bonchev–Trinajstić information content (AvgIpc) is 2.68. The average molecular weight is 335 g/mol. The molecule has 1 aliphatic rings. The fourth-order valence-electron chi connectivity index (χ4n) is 3.46. The first-order chi connectivity index (χ1) is 12.2. The van der Waals surface area contributed by atoms with Crippen molar-refractivity contribution in [3.05, 3.63) is 54.1 Å². The Morgan fingerprint density at radius 1 is 1.04 bits per heavy atom. The highest BCUT2D eigenvalue weighted by Crippen LogP contribution is 2.32. The number of benzene rings is 2. The number of esters is 1. The number of hydrogen-bond acceptors (Lipinski definition) is 3. The summed E-state index contributed by atoms with van der Waals surface area (Å²) in [6.45, 7) is 2.22. The van der Waals surface area contributed by atoms with Crippen LogP contribution in [-0.4, -0.2) is 5.97 Å². The maximum Gasteiger partial charge on any atom is 0.314 e. The molecule has 0 radical (unpaired) electrons. The van der Waals surface area contributed by atoms with Gasteiger partial charge in [0, 0.05) is 1.43 Å². The number of ether oxygens (including phenoxy) is 1. The molecule has 2 aromatic carbocycles. The maximum atomic E-state index is 12.3. The van der Waals surface area contributed by atoms with Gasteiger partial charge in [-0.3, -0.25) is 4.79 Å². The lowest BCUT2D eigenvalue weighted by molar-refractivity contribution is -0.140. The Morgan fingerprint density at radius 3 is 2.12 bits per heavy atom. The van der Waals surface area contributed by atoms with E-state index in [1.807, 2.05) is 36.4 Å². The second kappa shape index (κ2) is 7.98. The first-order valence-electron chi connectivity index (χ1n) is 9.02. The molecule has 0 bridgehead atoms. The summed E-state index contributed by atoms with van der Waals surface area (Å²) in [4.78, 5) is 12.3. The Kier molecular flexibility index (Phi) is 5.50. The van der Waals surface area contributed by atoms with Gasteiger partial charge in [0.2, 0.25) is 0 Å². The molecule has 0 aromatic heterocycles. The fraction of sp³-hybridized carbons (Fsp3) is 0.364. The first-order valence-corrected chi connectivity index (χ1v) is 9.02. The second-order valence-electron chi connectivity index (χ2n) is 6.76. The van der Waals surface area contributed by atoms with Crippen molar-refractivity contribution in [2.75, 3.05) is 0 Å². The van der Waals surface area contributed by atoms with Crippen molar-refractivity contribution in [3.63, 3.8) is 0 Å². The van der Waals surface area contributed by atoms with E-state index in [0.29, 0.717) is 11.3 Å². The summed E-state index contributed by atoms with van der Waals surface area (Å²) in [6, 6.07) is 17.1. The molecule has 0 aliphatic heterocycles. The number of nitrogens with zero attached hydrogens (tertiary/aromatic N) is 1. The van der Waals surface area contributed by atoms with Gasteiger partial charge < -0.3 is 4.74 Å². The van der Waals surface area contributed by atoms with Crippen LogP contribution >= 0.6 is 0 Å². The van der Waals surface area contributed by atoms with Crippen LogP contribution in [0.15, 0.2) is 48.5 Å². The molecule has 130 valence electrons. The lowest BCUT2D eigenvalue weighted by Crippen LogP contribution is -2.25. The minimum absolute atomic E-state index is 0. The third kappa shape index (κ3) is 4.28. The number of nitriles is 1. The highest BCUT2D eigenvalue weighted by molar-refractivity contribution is 5.75. The largest absolute Gasteiger partial charge is 0.426 e. The lowest BCUT2D eigenvalue weighted by Gasteiger charge is -2.26. The molecule has 3 heteroatoms. The van der Waals surface area contributed by atoms with Crippen LogP contribution in [0.25, 0.3) is 11.1 Å². The van der Waals surface area contributed by atoms with Crippen molar-refractivity contribution < 1.29 is 11.0 Å². The molecule has 0 unspecified atom stereocenters. The van der Waals surface area contributed by atoms with Crippen LogP contribution in [0.2, 0.25) is 0 Å². The predicted molar refractivity (Wildman–Crippen MR) is 100 cm³/mol. The van der Waals surface area contributed by atoms with Crippen LogP contribution in [0.4, 0.5) is 0 Å². The molecule has 0 amide bonds. The summed E-state index contributed by atoms with van der Waals surface area (Å²) in [6.07, 6.45) is 5.36. The van der Waals surface area contributed by atoms with E-state index >= 15 is 0 Å². The van der Waals surface area contributed by atoms with Gasteiger partial charge in [-0.2, -0.15) is 5.26 Å². The van der Waals surface area contributed by atoms with Gasteiger partial charge in [-0.05, 0) is 67.0 Å². The van der Waals surface area contributed by atoms with E-state index in [1.54, 1.807) is 12.1 Å². The van der Waals surface area contributed by atoms with Gasteiger partial charge in [0.25, 0.3) is 0 Å². The van der Waals surface area contributed by atoms with Crippen LogP contribution in [0.3, 0.4) is 0 Å². The number of carbonyl (C=O) groups excluding carboxylic acids is 1. The summed E-state index contributed by atoms with van der Waals surface area (Å²) in [5, 5.41) is 8.86. The number of rotatable bonds is 4. The van der Waals surface area contributed by atoms with E-state index in [9.17, 15) is 4.79 Å². The smallest absolute Gasteiger partial charge is 0.314 e. The van der Waals surface area contributed by atoms with Gasteiger partial charge in [-0.1, -0.05) is 37.6 Å². The minimum Gasteiger partial charge on any atom is -0.426 e. The van der Waals surface area contributed by atoms with Gasteiger partial charge in [0.1, 0.15) is 5.75 Å². The molecule has 1 saturated carbocycles.